The van der Waals surface area contributed by atoms with Gasteiger partial charge in [-0.15, -0.1) is 0 Å². The first-order valence-electron chi connectivity index (χ1n) is 6.36. The van der Waals surface area contributed by atoms with Crippen LogP contribution in [0.5, 0.6) is 0 Å². The molecule has 0 saturated heterocycles. The third-order valence-electron chi connectivity index (χ3n) is 2.75. The van der Waals surface area contributed by atoms with Gasteiger partial charge in [0, 0.05) is 15.3 Å². The Morgan fingerprint density at radius 3 is 2.61 bits per heavy atom. The second-order valence-corrected chi connectivity index (χ2v) is 5.71. The topological polar surface area (TPSA) is 41.1 Å². The lowest BCUT2D eigenvalue weighted by molar-refractivity contribution is -0.122. The third-order valence-corrected chi connectivity index (χ3v) is 3.69. The van der Waals surface area contributed by atoms with Gasteiger partial charge in [-0.3, -0.25) is 4.79 Å². The molecule has 0 fully saturated rings. The van der Waals surface area contributed by atoms with Gasteiger partial charge in [-0.1, -0.05) is 25.5 Å². The van der Waals surface area contributed by atoms with E-state index in [4.69, 9.17) is 0 Å². The first-order chi connectivity index (χ1) is 8.54. The summed E-state index contributed by atoms with van der Waals surface area (Å²) in [4.78, 5) is 12.0. The van der Waals surface area contributed by atoms with Crippen LogP contribution < -0.4 is 10.6 Å². The molecule has 0 aliphatic heterocycles. The first-order valence-corrected chi connectivity index (χ1v) is 7.44. The van der Waals surface area contributed by atoms with Gasteiger partial charge in [0.1, 0.15) is 6.04 Å². The van der Waals surface area contributed by atoms with Crippen molar-refractivity contribution in [3.05, 3.63) is 27.8 Å². The minimum atomic E-state index is -0.222. The Bertz CT molecular complexity index is 395. The molecule has 2 atom stereocenters. The van der Waals surface area contributed by atoms with E-state index in [0.717, 1.165) is 22.1 Å². The SMILES string of the molecule is CCCC(C)NC(=O)C(C)Nc1ccccc1I. The van der Waals surface area contributed by atoms with Crippen LogP contribution in [0, 0.1) is 3.57 Å². The molecule has 1 aromatic carbocycles. The zero-order chi connectivity index (χ0) is 13.5. The minimum Gasteiger partial charge on any atom is -0.373 e. The van der Waals surface area contributed by atoms with Crippen molar-refractivity contribution in [3.63, 3.8) is 0 Å². The van der Waals surface area contributed by atoms with E-state index in [2.05, 4.69) is 40.1 Å². The van der Waals surface area contributed by atoms with Crippen LogP contribution in [0.2, 0.25) is 0 Å². The molecule has 1 amide bonds. The number of amides is 1. The Balaban J connectivity index is 2.52. The second-order valence-electron chi connectivity index (χ2n) is 4.54. The summed E-state index contributed by atoms with van der Waals surface area (Å²) in [6, 6.07) is 7.98. The van der Waals surface area contributed by atoms with E-state index in [-0.39, 0.29) is 18.0 Å². The molecule has 4 heteroatoms. The summed E-state index contributed by atoms with van der Waals surface area (Å²) in [7, 11) is 0. The molecule has 100 valence electrons. The molecule has 18 heavy (non-hydrogen) atoms. The summed E-state index contributed by atoms with van der Waals surface area (Å²) < 4.78 is 1.12. The van der Waals surface area contributed by atoms with Gasteiger partial charge in [0.05, 0.1) is 0 Å². The zero-order valence-electron chi connectivity index (χ0n) is 11.2. The number of nitrogens with one attached hydrogen (secondary N) is 2. The van der Waals surface area contributed by atoms with Gasteiger partial charge in [0.15, 0.2) is 0 Å². The molecular weight excluding hydrogens is 339 g/mol. The maximum Gasteiger partial charge on any atom is 0.242 e. The molecule has 0 bridgehead atoms. The fourth-order valence-electron chi connectivity index (χ4n) is 1.75. The highest BCUT2D eigenvalue weighted by atomic mass is 127. The lowest BCUT2D eigenvalue weighted by atomic mass is 10.2. The van der Waals surface area contributed by atoms with Crippen molar-refractivity contribution in [3.8, 4) is 0 Å². The van der Waals surface area contributed by atoms with E-state index >= 15 is 0 Å². The number of anilines is 1. The quantitative estimate of drug-likeness (QED) is 0.764. The lowest BCUT2D eigenvalue weighted by Gasteiger charge is -2.19. The van der Waals surface area contributed by atoms with Gasteiger partial charge in [-0.25, -0.2) is 0 Å². The number of halogens is 1. The van der Waals surface area contributed by atoms with Crippen molar-refractivity contribution < 1.29 is 4.79 Å². The van der Waals surface area contributed by atoms with Gasteiger partial charge in [-0.05, 0) is 55.0 Å². The Morgan fingerprint density at radius 2 is 2.00 bits per heavy atom. The third kappa shape index (κ3) is 4.84. The molecule has 0 heterocycles. The summed E-state index contributed by atoms with van der Waals surface area (Å²) in [5.74, 6) is 0.0515. The molecule has 0 radical (unpaired) electrons. The van der Waals surface area contributed by atoms with E-state index in [0.29, 0.717) is 0 Å². The van der Waals surface area contributed by atoms with E-state index in [1.807, 2.05) is 38.1 Å². The molecular formula is C14H21IN2O. The van der Waals surface area contributed by atoms with Crippen molar-refractivity contribution >= 4 is 34.2 Å². The van der Waals surface area contributed by atoms with Crippen LogP contribution in [0.3, 0.4) is 0 Å². The number of para-hydroxylation sites is 1. The molecule has 1 aromatic rings. The standard InChI is InChI=1S/C14H21IN2O/c1-4-7-10(2)16-14(18)11(3)17-13-9-6-5-8-12(13)15/h5-6,8-11,17H,4,7H2,1-3H3,(H,16,18). The van der Waals surface area contributed by atoms with Crippen LogP contribution in [0.4, 0.5) is 5.69 Å². The molecule has 1 rings (SSSR count). The summed E-state index contributed by atoms with van der Waals surface area (Å²) in [6.07, 6.45) is 2.10. The Hall–Kier alpha value is -0.780. The Kier molecular flexibility index (Phi) is 6.46. The van der Waals surface area contributed by atoms with E-state index < -0.39 is 0 Å². The molecule has 3 nitrogen and oxygen atoms in total. The van der Waals surface area contributed by atoms with E-state index in [1.165, 1.54) is 0 Å². The van der Waals surface area contributed by atoms with Gasteiger partial charge in [-0.2, -0.15) is 0 Å². The summed E-state index contributed by atoms with van der Waals surface area (Å²) >= 11 is 2.26. The highest BCUT2D eigenvalue weighted by Gasteiger charge is 2.15. The molecule has 0 aromatic heterocycles. The fourth-order valence-corrected chi connectivity index (χ4v) is 2.29. The van der Waals surface area contributed by atoms with Crippen molar-refractivity contribution in [1.82, 2.24) is 5.32 Å². The Morgan fingerprint density at radius 1 is 1.33 bits per heavy atom. The highest BCUT2D eigenvalue weighted by molar-refractivity contribution is 14.1. The number of hydrogen-bond acceptors (Lipinski definition) is 2. The monoisotopic (exact) mass is 360 g/mol. The summed E-state index contributed by atoms with van der Waals surface area (Å²) in [5, 5.41) is 6.25. The first kappa shape index (κ1) is 15.3. The molecule has 0 spiro atoms. The molecule has 0 aliphatic carbocycles. The lowest BCUT2D eigenvalue weighted by Crippen LogP contribution is -2.42. The predicted octanol–water partition coefficient (Wildman–Crippen LogP) is 3.40. The van der Waals surface area contributed by atoms with Gasteiger partial charge in [0.25, 0.3) is 0 Å². The average Bonchev–Trinajstić information content (AvgIpc) is 2.32. The predicted molar refractivity (Wildman–Crippen MR) is 84.8 cm³/mol. The number of hydrogen-bond donors (Lipinski definition) is 2. The van der Waals surface area contributed by atoms with Gasteiger partial charge >= 0.3 is 0 Å². The minimum absolute atomic E-state index is 0.0515. The second kappa shape index (κ2) is 7.61. The molecule has 2 N–H and O–H groups in total. The molecule has 0 saturated carbocycles. The fraction of sp³-hybridized carbons (Fsp3) is 0.500. The maximum absolute atomic E-state index is 12.0. The largest absolute Gasteiger partial charge is 0.373 e. The van der Waals surface area contributed by atoms with Crippen LogP contribution >= 0.6 is 22.6 Å². The zero-order valence-corrected chi connectivity index (χ0v) is 13.3. The van der Waals surface area contributed by atoms with Crippen LogP contribution in [-0.4, -0.2) is 18.0 Å². The van der Waals surface area contributed by atoms with E-state index in [9.17, 15) is 4.79 Å². The van der Waals surface area contributed by atoms with Crippen molar-refractivity contribution in [2.45, 2.75) is 45.7 Å². The van der Waals surface area contributed by atoms with Crippen LogP contribution in [0.1, 0.15) is 33.6 Å². The maximum atomic E-state index is 12.0. The Labute approximate surface area is 123 Å². The number of benzene rings is 1. The van der Waals surface area contributed by atoms with Gasteiger partial charge < -0.3 is 10.6 Å². The van der Waals surface area contributed by atoms with Crippen molar-refractivity contribution in [1.29, 1.82) is 0 Å². The molecule has 0 aliphatic rings. The average molecular weight is 360 g/mol. The highest BCUT2D eigenvalue weighted by Crippen LogP contribution is 2.17. The van der Waals surface area contributed by atoms with E-state index in [1.54, 1.807) is 0 Å². The number of carbonyl (C=O) groups excluding carboxylic acids is 1. The normalized spacial score (nSPS) is 13.8. The van der Waals surface area contributed by atoms with Crippen molar-refractivity contribution in [2.24, 2.45) is 0 Å². The van der Waals surface area contributed by atoms with Crippen LogP contribution in [-0.2, 0) is 4.79 Å². The summed E-state index contributed by atoms with van der Waals surface area (Å²) in [6.45, 7) is 6.05. The van der Waals surface area contributed by atoms with Crippen LogP contribution in [0.15, 0.2) is 24.3 Å². The van der Waals surface area contributed by atoms with Crippen molar-refractivity contribution in [2.75, 3.05) is 5.32 Å². The molecule has 2 unspecified atom stereocenters. The summed E-state index contributed by atoms with van der Waals surface area (Å²) in [5.41, 5.74) is 1.00. The van der Waals surface area contributed by atoms with Gasteiger partial charge in [0.2, 0.25) is 5.91 Å². The smallest absolute Gasteiger partial charge is 0.242 e. The van der Waals surface area contributed by atoms with Crippen LogP contribution in [0.25, 0.3) is 0 Å². The number of rotatable bonds is 6. The number of carbonyl (C=O) groups is 1.